The Hall–Kier alpha value is -3.84. The van der Waals surface area contributed by atoms with E-state index in [0.717, 1.165) is 27.9 Å². The fraction of sp³-hybridized carbons (Fsp3) is 0.290. The molecule has 1 heterocycles. The maximum Gasteiger partial charge on any atom is 0.573 e. The van der Waals surface area contributed by atoms with Gasteiger partial charge in [0.15, 0.2) is 11.0 Å². The lowest BCUT2D eigenvalue weighted by Crippen LogP contribution is -2.39. The smallest absolute Gasteiger partial charge is 0.406 e. The summed E-state index contributed by atoms with van der Waals surface area (Å²) < 4.78 is 42.6. The number of urea groups is 1. The molecule has 1 aromatic heterocycles. The molecule has 0 aliphatic heterocycles. The zero-order valence-corrected chi connectivity index (χ0v) is 26.9. The Bertz CT molecular complexity index is 1590. The summed E-state index contributed by atoms with van der Waals surface area (Å²) in [5.41, 5.74) is 5.36. The Labute approximate surface area is 266 Å². The molecule has 0 aliphatic carbocycles. The van der Waals surface area contributed by atoms with Crippen molar-refractivity contribution >= 4 is 44.6 Å². The van der Waals surface area contributed by atoms with Crippen LogP contribution in [0.1, 0.15) is 43.4 Å². The van der Waals surface area contributed by atoms with Gasteiger partial charge in [-0.15, -0.1) is 18.3 Å². The molecule has 13 heteroatoms. The van der Waals surface area contributed by atoms with Gasteiger partial charge in [0.25, 0.3) is 0 Å². The molecule has 0 saturated carbocycles. The molecule has 0 fully saturated rings. The number of carbonyl (C=O) groups is 1. The number of aliphatic imine (C=N–C) groups is 1. The first kappa shape index (κ1) is 33.1. The van der Waals surface area contributed by atoms with E-state index in [2.05, 4.69) is 67.4 Å². The number of nitrogens with zero attached hydrogens (tertiary/aromatic N) is 4. The molecule has 2 N–H and O–H groups in total. The van der Waals surface area contributed by atoms with Crippen molar-refractivity contribution in [2.24, 2.45) is 4.99 Å². The Morgan fingerprint density at radius 1 is 1.07 bits per heavy atom. The van der Waals surface area contributed by atoms with Gasteiger partial charge in [-0.25, -0.2) is 19.5 Å². The van der Waals surface area contributed by atoms with Gasteiger partial charge in [0.1, 0.15) is 12.1 Å². The van der Waals surface area contributed by atoms with Crippen molar-refractivity contribution in [2.45, 2.75) is 50.6 Å². The maximum atomic E-state index is 12.7. The third-order valence-electron chi connectivity index (χ3n) is 6.26. The number of thioether (sulfide) groups is 1. The second-order valence-corrected chi connectivity index (χ2v) is 13.5. The molecule has 0 spiro atoms. The van der Waals surface area contributed by atoms with Crippen molar-refractivity contribution in [3.63, 3.8) is 0 Å². The van der Waals surface area contributed by atoms with Gasteiger partial charge in [0.05, 0.1) is 15.5 Å². The number of hydrogen-bond acceptors (Lipinski definition) is 6. The minimum Gasteiger partial charge on any atom is -0.406 e. The van der Waals surface area contributed by atoms with Crippen molar-refractivity contribution in [3.8, 4) is 22.8 Å². The van der Waals surface area contributed by atoms with Crippen LogP contribution in [0, 0.1) is 6.92 Å². The van der Waals surface area contributed by atoms with Crippen molar-refractivity contribution in [2.75, 3.05) is 6.54 Å². The summed E-state index contributed by atoms with van der Waals surface area (Å²) in [4.78, 5) is 21.8. The predicted molar refractivity (Wildman–Crippen MR) is 172 cm³/mol. The van der Waals surface area contributed by atoms with Gasteiger partial charge in [-0.2, -0.15) is 0 Å². The van der Waals surface area contributed by atoms with Crippen LogP contribution in [0.3, 0.4) is 0 Å². The van der Waals surface area contributed by atoms with E-state index in [4.69, 9.17) is 4.99 Å². The van der Waals surface area contributed by atoms with Crippen LogP contribution in [0.4, 0.5) is 23.7 Å². The van der Waals surface area contributed by atoms with E-state index < -0.39 is 6.36 Å². The molecular weight excluding hydrogens is 657 g/mol. The molecule has 0 saturated heterocycles. The molecule has 232 valence electrons. The number of amidine groups is 1. The monoisotopic (exact) mass is 688 g/mol. The number of benzene rings is 3. The second-order valence-electron chi connectivity index (χ2n) is 10.2. The van der Waals surface area contributed by atoms with Crippen molar-refractivity contribution in [1.82, 2.24) is 25.4 Å². The van der Waals surface area contributed by atoms with Crippen molar-refractivity contribution < 1.29 is 22.7 Å². The summed E-state index contributed by atoms with van der Waals surface area (Å²) in [6, 6.07) is 18.8. The molecule has 0 radical (unpaired) electrons. The summed E-state index contributed by atoms with van der Waals surface area (Å²) >= 11 is 4.95. The Balaban J connectivity index is 1.33. The number of amides is 2. The summed E-state index contributed by atoms with van der Waals surface area (Å²) in [6.07, 6.45) is -2.66. The highest BCUT2D eigenvalue weighted by Crippen LogP contribution is 2.30. The lowest BCUT2D eigenvalue weighted by atomic mass is 10.00. The standard InChI is InChI=1S/C31H32BrF3N6O2S/c1-19(2)26-14-5-20(3)17-27(26)38-30(44-21(4)32)39-29(42)36-16-15-22-6-8-23(9-7-22)28-37-18-41(40-28)24-10-12-25(13-11-24)43-31(33,34)35/h5-14,17-19,21H,15-16H2,1-4H3,(H2,36,38,39,42). The Morgan fingerprint density at radius 2 is 1.77 bits per heavy atom. The first-order valence-electron chi connectivity index (χ1n) is 13.8. The molecule has 1 unspecified atom stereocenters. The van der Waals surface area contributed by atoms with Gasteiger partial charge in [-0.05, 0) is 73.2 Å². The number of ether oxygens (including phenoxy) is 1. The van der Waals surface area contributed by atoms with Gasteiger partial charge in [-0.3, -0.25) is 5.32 Å². The molecule has 8 nitrogen and oxygen atoms in total. The first-order valence-corrected chi connectivity index (χ1v) is 15.6. The molecule has 1 atom stereocenters. The molecule has 2 amide bonds. The van der Waals surface area contributed by atoms with E-state index in [-0.39, 0.29) is 21.9 Å². The van der Waals surface area contributed by atoms with E-state index >= 15 is 0 Å². The van der Waals surface area contributed by atoms with E-state index in [0.29, 0.717) is 29.6 Å². The summed E-state index contributed by atoms with van der Waals surface area (Å²) in [6.45, 7) is 8.62. The topological polar surface area (TPSA) is 93.4 Å². The zero-order chi connectivity index (χ0) is 31.9. The van der Waals surface area contributed by atoms with Gasteiger partial charge in [0.2, 0.25) is 0 Å². The van der Waals surface area contributed by atoms with Crippen LogP contribution >= 0.6 is 27.7 Å². The molecule has 4 rings (SSSR count). The highest BCUT2D eigenvalue weighted by molar-refractivity contribution is 9.11. The average molecular weight is 690 g/mol. The molecule has 4 aromatic rings. The minimum absolute atomic E-state index is 0.0478. The van der Waals surface area contributed by atoms with Crippen LogP contribution in [0.15, 0.2) is 78.0 Å². The number of aryl methyl sites for hydroxylation is 1. The fourth-order valence-corrected chi connectivity index (χ4v) is 5.33. The number of carbonyl (C=O) groups excluding carboxylic acids is 1. The summed E-state index contributed by atoms with van der Waals surface area (Å²) in [5, 5.41) is 10.7. The fourth-order valence-electron chi connectivity index (χ4n) is 4.19. The number of hydrogen-bond donors (Lipinski definition) is 2. The lowest BCUT2D eigenvalue weighted by molar-refractivity contribution is -0.274. The Kier molecular flexibility index (Phi) is 11.1. The highest BCUT2D eigenvalue weighted by Gasteiger charge is 2.31. The van der Waals surface area contributed by atoms with E-state index in [1.165, 1.54) is 47.0 Å². The predicted octanol–water partition coefficient (Wildman–Crippen LogP) is 8.27. The van der Waals surface area contributed by atoms with Gasteiger partial charge in [-0.1, -0.05) is 77.9 Å². The molecular formula is C31H32BrF3N6O2S. The molecule has 0 bridgehead atoms. The van der Waals surface area contributed by atoms with Crippen LogP contribution in [0.5, 0.6) is 5.75 Å². The second kappa shape index (κ2) is 14.8. The summed E-state index contributed by atoms with van der Waals surface area (Å²) in [7, 11) is 0. The van der Waals surface area contributed by atoms with Crippen LogP contribution in [-0.2, 0) is 6.42 Å². The number of alkyl halides is 4. The molecule has 3 aromatic carbocycles. The van der Waals surface area contributed by atoms with E-state index in [9.17, 15) is 18.0 Å². The average Bonchev–Trinajstić information content (AvgIpc) is 3.43. The van der Waals surface area contributed by atoms with Crippen LogP contribution < -0.4 is 15.4 Å². The number of nitrogens with one attached hydrogen (secondary N) is 2. The van der Waals surface area contributed by atoms with Crippen LogP contribution in [0.2, 0.25) is 0 Å². The van der Waals surface area contributed by atoms with Gasteiger partial charge in [0, 0.05) is 12.1 Å². The van der Waals surface area contributed by atoms with Gasteiger partial charge >= 0.3 is 12.4 Å². The van der Waals surface area contributed by atoms with Crippen molar-refractivity contribution in [3.05, 3.63) is 89.7 Å². The first-order chi connectivity index (χ1) is 20.9. The number of rotatable bonds is 9. The highest BCUT2D eigenvalue weighted by atomic mass is 79.9. The SMILES string of the molecule is Cc1ccc(C(C)C)c(N=C(NC(=O)NCCc2ccc(-c3ncn(-c4ccc(OC(F)(F)F)cc4)n3)cc2)SC(C)Br)c1. The minimum atomic E-state index is -4.75. The number of aromatic nitrogens is 3. The number of halogens is 4. The molecule has 44 heavy (non-hydrogen) atoms. The maximum absolute atomic E-state index is 12.7. The van der Waals surface area contributed by atoms with Crippen LogP contribution in [0.25, 0.3) is 17.1 Å². The summed E-state index contributed by atoms with van der Waals surface area (Å²) in [5.74, 6) is 0.438. The van der Waals surface area contributed by atoms with Crippen molar-refractivity contribution in [1.29, 1.82) is 0 Å². The molecule has 0 aliphatic rings. The third-order valence-corrected chi connectivity index (χ3v) is 7.56. The largest absolute Gasteiger partial charge is 0.573 e. The van der Waals surface area contributed by atoms with Crippen LogP contribution in [-0.4, -0.2) is 43.0 Å². The third kappa shape index (κ3) is 9.84. The lowest BCUT2D eigenvalue weighted by Gasteiger charge is -2.14. The Morgan fingerprint density at radius 3 is 2.41 bits per heavy atom. The van der Waals surface area contributed by atoms with Gasteiger partial charge < -0.3 is 10.1 Å². The van der Waals surface area contributed by atoms with E-state index in [1.807, 2.05) is 44.2 Å². The van der Waals surface area contributed by atoms with E-state index in [1.54, 1.807) is 0 Å². The normalized spacial score (nSPS) is 12.7. The quantitative estimate of drug-likeness (QED) is 0.105. The zero-order valence-electron chi connectivity index (χ0n) is 24.5.